The summed E-state index contributed by atoms with van der Waals surface area (Å²) in [5.41, 5.74) is 0.453. The number of rotatable bonds is 3. The molecule has 0 aliphatic carbocycles. The zero-order chi connectivity index (χ0) is 13.9. The molecule has 1 aliphatic heterocycles. The summed E-state index contributed by atoms with van der Waals surface area (Å²) in [5, 5.41) is 9.45. The lowest BCUT2D eigenvalue weighted by Gasteiger charge is -2.31. The standard InChI is InChI=1S/C13H17N5O2/c1-18-7-6-14-12(18)11-9(3-2-8-20-11)16-13(19)10-4-5-15-17-10/h4-7,9,11H,2-3,8H2,1H3,(H,15,17)(H,16,19)/t9-,11-/m1/s1. The molecule has 0 unspecified atom stereocenters. The van der Waals surface area contributed by atoms with Gasteiger partial charge in [-0.15, -0.1) is 0 Å². The van der Waals surface area contributed by atoms with Crippen LogP contribution < -0.4 is 5.32 Å². The van der Waals surface area contributed by atoms with Crippen molar-refractivity contribution in [1.82, 2.24) is 25.1 Å². The molecule has 1 saturated heterocycles. The molecule has 2 atom stereocenters. The fourth-order valence-corrected chi connectivity index (χ4v) is 2.46. The molecule has 0 saturated carbocycles. The molecule has 2 N–H and O–H groups in total. The number of aromatic nitrogens is 4. The predicted molar refractivity (Wildman–Crippen MR) is 71.0 cm³/mol. The fourth-order valence-electron chi connectivity index (χ4n) is 2.46. The van der Waals surface area contributed by atoms with Gasteiger partial charge in [-0.25, -0.2) is 4.98 Å². The van der Waals surface area contributed by atoms with Gasteiger partial charge in [0.15, 0.2) is 0 Å². The number of hydrogen-bond donors (Lipinski definition) is 2. The highest BCUT2D eigenvalue weighted by Gasteiger charge is 2.31. The van der Waals surface area contributed by atoms with E-state index < -0.39 is 0 Å². The van der Waals surface area contributed by atoms with Crippen molar-refractivity contribution in [3.05, 3.63) is 36.2 Å². The minimum absolute atomic E-state index is 0.0827. The Labute approximate surface area is 116 Å². The molecular formula is C13H17N5O2. The first-order valence-corrected chi connectivity index (χ1v) is 6.65. The van der Waals surface area contributed by atoms with E-state index >= 15 is 0 Å². The van der Waals surface area contributed by atoms with Gasteiger partial charge in [0, 0.05) is 32.2 Å². The topological polar surface area (TPSA) is 84.8 Å². The van der Waals surface area contributed by atoms with E-state index in [1.165, 1.54) is 0 Å². The molecule has 106 valence electrons. The van der Waals surface area contributed by atoms with Crippen molar-refractivity contribution in [2.75, 3.05) is 6.61 Å². The number of imidazole rings is 1. The van der Waals surface area contributed by atoms with Gasteiger partial charge in [-0.05, 0) is 18.9 Å². The summed E-state index contributed by atoms with van der Waals surface area (Å²) in [5.74, 6) is 0.664. The Kier molecular flexibility index (Phi) is 3.51. The van der Waals surface area contributed by atoms with E-state index in [9.17, 15) is 4.79 Å². The molecule has 7 heteroatoms. The summed E-state index contributed by atoms with van der Waals surface area (Å²) in [7, 11) is 1.92. The lowest BCUT2D eigenvalue weighted by atomic mass is 10.0. The quantitative estimate of drug-likeness (QED) is 0.867. The summed E-state index contributed by atoms with van der Waals surface area (Å²) >= 11 is 0. The lowest BCUT2D eigenvalue weighted by molar-refractivity contribution is -0.0159. The predicted octanol–water partition coefficient (Wildman–Crippen LogP) is 0.793. The molecule has 1 aliphatic rings. The third kappa shape index (κ3) is 2.44. The van der Waals surface area contributed by atoms with E-state index in [1.54, 1.807) is 18.5 Å². The fraction of sp³-hybridized carbons (Fsp3) is 0.462. The maximum atomic E-state index is 12.1. The number of carbonyl (C=O) groups excluding carboxylic acids is 1. The highest BCUT2D eigenvalue weighted by molar-refractivity contribution is 5.92. The van der Waals surface area contributed by atoms with Gasteiger partial charge in [-0.1, -0.05) is 0 Å². The van der Waals surface area contributed by atoms with Crippen LogP contribution in [0.1, 0.15) is 35.3 Å². The Bertz CT molecular complexity index is 577. The average molecular weight is 275 g/mol. The maximum absolute atomic E-state index is 12.1. The van der Waals surface area contributed by atoms with Crippen molar-refractivity contribution in [2.45, 2.75) is 25.0 Å². The van der Waals surface area contributed by atoms with E-state index in [4.69, 9.17) is 4.74 Å². The van der Waals surface area contributed by atoms with Crippen molar-refractivity contribution < 1.29 is 9.53 Å². The molecule has 0 bridgehead atoms. The second kappa shape index (κ2) is 5.46. The first-order valence-electron chi connectivity index (χ1n) is 6.65. The van der Waals surface area contributed by atoms with Crippen LogP contribution in [0.2, 0.25) is 0 Å². The number of nitrogens with zero attached hydrogens (tertiary/aromatic N) is 3. The van der Waals surface area contributed by atoms with Crippen LogP contribution in [0.5, 0.6) is 0 Å². The minimum atomic E-state index is -0.212. The Morgan fingerprint density at radius 3 is 3.15 bits per heavy atom. The van der Waals surface area contributed by atoms with Crippen molar-refractivity contribution in [3.63, 3.8) is 0 Å². The van der Waals surface area contributed by atoms with Crippen LogP contribution in [0.25, 0.3) is 0 Å². The molecule has 20 heavy (non-hydrogen) atoms. The molecule has 0 aromatic carbocycles. The van der Waals surface area contributed by atoms with Gasteiger partial charge < -0.3 is 14.6 Å². The summed E-state index contributed by atoms with van der Waals surface area (Å²) < 4.78 is 7.73. The second-order valence-electron chi connectivity index (χ2n) is 4.88. The zero-order valence-corrected chi connectivity index (χ0v) is 11.2. The third-order valence-electron chi connectivity index (χ3n) is 3.50. The van der Waals surface area contributed by atoms with Crippen molar-refractivity contribution in [1.29, 1.82) is 0 Å². The molecule has 0 spiro atoms. The molecule has 7 nitrogen and oxygen atoms in total. The van der Waals surface area contributed by atoms with E-state index in [2.05, 4.69) is 20.5 Å². The van der Waals surface area contributed by atoms with Gasteiger partial charge in [0.25, 0.3) is 5.91 Å². The van der Waals surface area contributed by atoms with Gasteiger partial charge in [-0.2, -0.15) is 5.10 Å². The van der Waals surface area contributed by atoms with Gasteiger partial charge in [-0.3, -0.25) is 9.89 Å². The van der Waals surface area contributed by atoms with E-state index in [-0.39, 0.29) is 18.1 Å². The highest BCUT2D eigenvalue weighted by atomic mass is 16.5. The number of amides is 1. The second-order valence-corrected chi connectivity index (χ2v) is 4.88. The molecule has 3 rings (SSSR count). The first-order chi connectivity index (χ1) is 9.75. The molecule has 3 heterocycles. The first kappa shape index (κ1) is 12.9. The molecule has 2 aromatic heterocycles. The number of ether oxygens (including phenoxy) is 1. The minimum Gasteiger partial charge on any atom is -0.368 e. The summed E-state index contributed by atoms with van der Waals surface area (Å²) in [6.45, 7) is 0.688. The number of nitrogens with one attached hydrogen (secondary N) is 2. The number of aryl methyl sites for hydroxylation is 1. The summed E-state index contributed by atoms with van der Waals surface area (Å²) in [6, 6.07) is 1.56. The summed E-state index contributed by atoms with van der Waals surface area (Å²) in [4.78, 5) is 16.4. The molecule has 1 amide bonds. The number of hydrogen-bond acceptors (Lipinski definition) is 4. The van der Waals surface area contributed by atoms with E-state index in [0.717, 1.165) is 18.7 Å². The van der Waals surface area contributed by atoms with E-state index in [1.807, 2.05) is 17.8 Å². The normalized spacial score (nSPS) is 22.6. The number of H-pyrrole nitrogens is 1. The Morgan fingerprint density at radius 2 is 2.45 bits per heavy atom. The number of carbonyl (C=O) groups is 1. The molecular weight excluding hydrogens is 258 g/mol. The van der Waals surface area contributed by atoms with Crippen molar-refractivity contribution >= 4 is 5.91 Å². The van der Waals surface area contributed by atoms with Crippen LogP contribution in [-0.4, -0.2) is 38.3 Å². The number of aromatic amines is 1. The Hall–Kier alpha value is -2.15. The average Bonchev–Trinajstić information content (AvgIpc) is 3.10. The van der Waals surface area contributed by atoms with Gasteiger partial charge in [0.1, 0.15) is 17.6 Å². The van der Waals surface area contributed by atoms with Crippen LogP contribution in [0.4, 0.5) is 0 Å². The molecule has 1 fully saturated rings. The van der Waals surface area contributed by atoms with E-state index in [0.29, 0.717) is 12.3 Å². The van der Waals surface area contributed by atoms with Crippen molar-refractivity contribution in [3.8, 4) is 0 Å². The van der Waals surface area contributed by atoms with Gasteiger partial charge >= 0.3 is 0 Å². The van der Waals surface area contributed by atoms with Crippen LogP contribution in [0, 0.1) is 0 Å². The SMILES string of the molecule is Cn1ccnc1[C@@H]1OCCC[C@H]1NC(=O)c1ccn[nH]1. The van der Waals surface area contributed by atoms with Crippen LogP contribution in [0.15, 0.2) is 24.7 Å². The largest absolute Gasteiger partial charge is 0.368 e. The van der Waals surface area contributed by atoms with Crippen LogP contribution in [0.3, 0.4) is 0 Å². The Balaban J connectivity index is 1.76. The maximum Gasteiger partial charge on any atom is 0.269 e. The smallest absolute Gasteiger partial charge is 0.269 e. The molecule has 2 aromatic rings. The third-order valence-corrected chi connectivity index (χ3v) is 3.50. The monoisotopic (exact) mass is 275 g/mol. The molecule has 0 radical (unpaired) electrons. The summed E-state index contributed by atoms with van der Waals surface area (Å²) in [6.07, 6.45) is 6.76. The Morgan fingerprint density at radius 1 is 1.55 bits per heavy atom. The lowest BCUT2D eigenvalue weighted by Crippen LogP contribution is -2.43. The zero-order valence-electron chi connectivity index (χ0n) is 11.2. The highest BCUT2D eigenvalue weighted by Crippen LogP contribution is 2.27. The van der Waals surface area contributed by atoms with Gasteiger partial charge in [0.05, 0.1) is 6.04 Å². The van der Waals surface area contributed by atoms with Crippen LogP contribution in [-0.2, 0) is 11.8 Å². The van der Waals surface area contributed by atoms with Crippen LogP contribution >= 0.6 is 0 Å². The van der Waals surface area contributed by atoms with Crippen molar-refractivity contribution in [2.24, 2.45) is 7.05 Å². The van der Waals surface area contributed by atoms with Gasteiger partial charge in [0.2, 0.25) is 0 Å².